The van der Waals surface area contributed by atoms with Gasteiger partial charge in [0.05, 0.1) is 24.8 Å². The summed E-state index contributed by atoms with van der Waals surface area (Å²) in [7, 11) is 1.28. The standard InChI is InChI=1S/C22H22N2O5/c1-14-4-6-16(7-5-14)13-23(15(2)25)19-12-20(26)24(21(19)27)18-10-8-17(9-11-18)22(28)29-3/h4-11,19H,12-13H2,1-3H3. The molecule has 0 bridgehead atoms. The van der Waals surface area contributed by atoms with Crippen LogP contribution in [0, 0.1) is 6.92 Å². The third-order valence-electron chi connectivity index (χ3n) is 4.92. The molecule has 1 aliphatic rings. The van der Waals surface area contributed by atoms with Crippen molar-refractivity contribution in [3.63, 3.8) is 0 Å². The smallest absolute Gasteiger partial charge is 0.337 e. The lowest BCUT2D eigenvalue weighted by molar-refractivity contribution is -0.137. The van der Waals surface area contributed by atoms with Gasteiger partial charge in [-0.3, -0.25) is 14.4 Å². The van der Waals surface area contributed by atoms with Crippen LogP contribution in [-0.2, 0) is 25.7 Å². The number of rotatable bonds is 5. The van der Waals surface area contributed by atoms with E-state index in [-0.39, 0.29) is 24.8 Å². The molecule has 0 saturated carbocycles. The molecule has 7 heteroatoms. The molecule has 1 unspecified atom stereocenters. The predicted octanol–water partition coefficient (Wildman–Crippen LogP) is 2.46. The zero-order valence-corrected chi connectivity index (χ0v) is 16.5. The summed E-state index contributed by atoms with van der Waals surface area (Å²) in [4.78, 5) is 51.9. The summed E-state index contributed by atoms with van der Waals surface area (Å²) in [6, 6.07) is 12.8. The SMILES string of the molecule is COC(=O)c1ccc(N2C(=O)CC(N(Cc3ccc(C)cc3)C(C)=O)C2=O)cc1. The Bertz CT molecular complexity index is 950. The summed E-state index contributed by atoms with van der Waals surface area (Å²) >= 11 is 0. The molecule has 1 saturated heterocycles. The lowest BCUT2D eigenvalue weighted by Crippen LogP contribution is -2.44. The first-order valence-corrected chi connectivity index (χ1v) is 9.19. The van der Waals surface area contributed by atoms with E-state index < -0.39 is 17.9 Å². The number of aryl methyl sites for hydroxylation is 1. The molecule has 3 amide bonds. The molecule has 29 heavy (non-hydrogen) atoms. The maximum atomic E-state index is 13.0. The zero-order valence-electron chi connectivity index (χ0n) is 16.5. The molecule has 2 aromatic rings. The van der Waals surface area contributed by atoms with Crippen LogP contribution in [0.25, 0.3) is 0 Å². The summed E-state index contributed by atoms with van der Waals surface area (Å²) in [5, 5.41) is 0. The van der Waals surface area contributed by atoms with Gasteiger partial charge in [0.25, 0.3) is 5.91 Å². The first-order valence-electron chi connectivity index (χ1n) is 9.19. The molecule has 0 N–H and O–H groups in total. The molecule has 0 aliphatic carbocycles. The molecule has 1 heterocycles. The Hall–Kier alpha value is -3.48. The molecule has 2 aromatic carbocycles. The van der Waals surface area contributed by atoms with Crippen LogP contribution in [0.15, 0.2) is 48.5 Å². The van der Waals surface area contributed by atoms with E-state index in [1.807, 2.05) is 31.2 Å². The monoisotopic (exact) mass is 394 g/mol. The van der Waals surface area contributed by atoms with Gasteiger partial charge in [-0.1, -0.05) is 29.8 Å². The highest BCUT2D eigenvalue weighted by Gasteiger charge is 2.43. The summed E-state index contributed by atoms with van der Waals surface area (Å²) in [6.45, 7) is 3.60. The van der Waals surface area contributed by atoms with Crippen LogP contribution < -0.4 is 4.90 Å². The van der Waals surface area contributed by atoms with Gasteiger partial charge < -0.3 is 9.64 Å². The minimum Gasteiger partial charge on any atom is -0.465 e. The van der Waals surface area contributed by atoms with Gasteiger partial charge in [0.2, 0.25) is 11.8 Å². The van der Waals surface area contributed by atoms with Crippen molar-refractivity contribution < 1.29 is 23.9 Å². The first-order chi connectivity index (χ1) is 13.8. The third kappa shape index (κ3) is 4.18. The average molecular weight is 394 g/mol. The van der Waals surface area contributed by atoms with E-state index in [0.717, 1.165) is 16.0 Å². The lowest BCUT2D eigenvalue weighted by atomic mass is 10.1. The van der Waals surface area contributed by atoms with Crippen LogP contribution in [0.4, 0.5) is 5.69 Å². The number of anilines is 1. The van der Waals surface area contributed by atoms with Crippen molar-refractivity contribution in [2.45, 2.75) is 32.9 Å². The van der Waals surface area contributed by atoms with Gasteiger partial charge in [0.1, 0.15) is 6.04 Å². The number of imide groups is 1. The summed E-state index contributed by atoms with van der Waals surface area (Å²) in [6.07, 6.45) is -0.0803. The van der Waals surface area contributed by atoms with E-state index in [9.17, 15) is 19.2 Å². The molecule has 1 fully saturated rings. The second kappa shape index (κ2) is 8.26. The third-order valence-corrected chi connectivity index (χ3v) is 4.92. The maximum Gasteiger partial charge on any atom is 0.337 e. The molecule has 1 atom stereocenters. The highest BCUT2D eigenvalue weighted by atomic mass is 16.5. The fraction of sp³-hybridized carbons (Fsp3) is 0.273. The number of hydrogen-bond donors (Lipinski definition) is 0. The number of esters is 1. The Morgan fingerprint density at radius 3 is 2.24 bits per heavy atom. The van der Waals surface area contributed by atoms with Gasteiger partial charge in [-0.05, 0) is 36.8 Å². The van der Waals surface area contributed by atoms with Crippen molar-refractivity contribution in [2.75, 3.05) is 12.0 Å². The average Bonchev–Trinajstić information content (AvgIpc) is 3.00. The van der Waals surface area contributed by atoms with Crippen molar-refractivity contribution in [1.29, 1.82) is 0 Å². The molecule has 0 aromatic heterocycles. The Morgan fingerprint density at radius 1 is 1.07 bits per heavy atom. The predicted molar refractivity (Wildman–Crippen MR) is 106 cm³/mol. The van der Waals surface area contributed by atoms with Gasteiger partial charge in [-0.25, -0.2) is 9.69 Å². The van der Waals surface area contributed by atoms with E-state index in [2.05, 4.69) is 4.74 Å². The minimum atomic E-state index is -0.860. The van der Waals surface area contributed by atoms with Crippen molar-refractivity contribution in [3.05, 3.63) is 65.2 Å². The van der Waals surface area contributed by atoms with Gasteiger partial charge in [-0.2, -0.15) is 0 Å². The number of benzene rings is 2. The summed E-state index contributed by atoms with van der Waals surface area (Å²) < 4.78 is 4.65. The molecular formula is C22H22N2O5. The van der Waals surface area contributed by atoms with Crippen LogP contribution in [0.1, 0.15) is 34.8 Å². The molecule has 7 nitrogen and oxygen atoms in total. The number of hydrogen-bond acceptors (Lipinski definition) is 5. The Labute approximate surface area is 168 Å². The van der Waals surface area contributed by atoms with E-state index in [0.29, 0.717) is 11.3 Å². The van der Waals surface area contributed by atoms with Crippen LogP contribution in [0.2, 0.25) is 0 Å². The molecule has 3 rings (SSSR count). The Morgan fingerprint density at radius 2 is 1.69 bits per heavy atom. The maximum absolute atomic E-state index is 13.0. The summed E-state index contributed by atoms with van der Waals surface area (Å²) in [5.74, 6) is -1.63. The molecule has 150 valence electrons. The lowest BCUT2D eigenvalue weighted by Gasteiger charge is -2.26. The van der Waals surface area contributed by atoms with Crippen LogP contribution >= 0.6 is 0 Å². The Balaban J connectivity index is 1.83. The van der Waals surface area contributed by atoms with Gasteiger partial charge >= 0.3 is 5.97 Å². The van der Waals surface area contributed by atoms with Crippen molar-refractivity contribution in [3.8, 4) is 0 Å². The molecular weight excluding hydrogens is 372 g/mol. The number of carbonyl (C=O) groups is 4. The Kier molecular flexibility index (Phi) is 5.77. The first kappa shape index (κ1) is 20.3. The number of nitrogens with zero attached hydrogens (tertiary/aromatic N) is 2. The van der Waals surface area contributed by atoms with E-state index in [1.54, 1.807) is 0 Å². The topological polar surface area (TPSA) is 84.0 Å². The number of methoxy groups -OCH3 is 1. The zero-order chi connectivity index (χ0) is 21.1. The van der Waals surface area contributed by atoms with Gasteiger partial charge in [0.15, 0.2) is 0 Å². The normalized spacial score (nSPS) is 16.1. The largest absolute Gasteiger partial charge is 0.465 e. The number of ether oxygens (including phenoxy) is 1. The number of carbonyl (C=O) groups excluding carboxylic acids is 4. The fourth-order valence-corrected chi connectivity index (χ4v) is 3.33. The second-order valence-electron chi connectivity index (χ2n) is 6.96. The molecule has 0 spiro atoms. The van der Waals surface area contributed by atoms with Crippen LogP contribution in [0.3, 0.4) is 0 Å². The van der Waals surface area contributed by atoms with E-state index >= 15 is 0 Å². The van der Waals surface area contributed by atoms with E-state index in [4.69, 9.17) is 0 Å². The number of amides is 3. The minimum absolute atomic E-state index is 0.0803. The second-order valence-corrected chi connectivity index (χ2v) is 6.96. The highest BCUT2D eigenvalue weighted by Crippen LogP contribution is 2.27. The summed E-state index contributed by atoms with van der Waals surface area (Å²) in [5.41, 5.74) is 2.65. The fourth-order valence-electron chi connectivity index (χ4n) is 3.33. The quantitative estimate of drug-likeness (QED) is 0.575. The van der Waals surface area contributed by atoms with Crippen molar-refractivity contribution in [1.82, 2.24) is 4.90 Å². The van der Waals surface area contributed by atoms with Crippen molar-refractivity contribution in [2.24, 2.45) is 0 Å². The van der Waals surface area contributed by atoms with Gasteiger partial charge in [0, 0.05) is 13.5 Å². The highest BCUT2D eigenvalue weighted by molar-refractivity contribution is 6.23. The van der Waals surface area contributed by atoms with Gasteiger partial charge in [-0.15, -0.1) is 0 Å². The molecule has 1 aliphatic heterocycles. The molecule has 0 radical (unpaired) electrons. The van der Waals surface area contributed by atoms with Crippen molar-refractivity contribution >= 4 is 29.4 Å². The van der Waals surface area contributed by atoms with E-state index in [1.165, 1.54) is 43.2 Å². The van der Waals surface area contributed by atoms with Crippen LogP contribution in [-0.4, -0.2) is 41.7 Å². The van der Waals surface area contributed by atoms with Crippen LogP contribution in [0.5, 0.6) is 0 Å².